The molecule has 10 heavy (non-hydrogen) atoms. The van der Waals surface area contributed by atoms with Gasteiger partial charge in [-0.3, -0.25) is 0 Å². The van der Waals surface area contributed by atoms with Gasteiger partial charge in [-0.15, -0.1) is 0 Å². The molecule has 0 bridgehead atoms. The Bertz CT molecular complexity index is 128. The molecule has 0 atom stereocenters. The molecule has 0 heterocycles. The molecule has 0 aromatic carbocycles. The van der Waals surface area contributed by atoms with Gasteiger partial charge in [-0.2, -0.15) is 0 Å². The van der Waals surface area contributed by atoms with Crippen LogP contribution < -0.4 is 0 Å². The fraction of sp³-hybridized carbons (Fsp3) is 0.857. The van der Waals surface area contributed by atoms with Crippen LogP contribution in [0.1, 0.15) is 20.8 Å². The summed E-state index contributed by atoms with van der Waals surface area (Å²) in [5.74, 6) is 0. The summed E-state index contributed by atoms with van der Waals surface area (Å²) in [6, 6.07) is 0. The first-order chi connectivity index (χ1) is 4.74. The minimum absolute atomic E-state index is 1.28. The Kier molecular flexibility index (Phi) is 5.77. The molecule has 58 valence electrons. The molecule has 0 saturated heterocycles. The second-order valence-electron chi connectivity index (χ2n) is 2.49. The molecule has 0 spiro atoms. The van der Waals surface area contributed by atoms with E-state index in [9.17, 15) is 0 Å². The normalized spacial score (nSPS) is 10.7. The van der Waals surface area contributed by atoms with Gasteiger partial charge in [-0.25, -0.2) is 0 Å². The Morgan fingerprint density at radius 2 is 1.60 bits per heavy atom. The van der Waals surface area contributed by atoms with Crippen molar-refractivity contribution in [2.24, 2.45) is 2.80 Å². The monoisotopic (exact) mass is 353 g/mol. The van der Waals surface area contributed by atoms with Crippen LogP contribution in [0.4, 0.5) is 0 Å². The maximum absolute atomic E-state index is 4.64. The summed E-state index contributed by atoms with van der Waals surface area (Å²) in [7, 11) is 0. The van der Waals surface area contributed by atoms with E-state index in [2.05, 4.69) is 41.0 Å². The first-order valence-corrected chi connectivity index (χ1v) is 14.2. The fourth-order valence-corrected chi connectivity index (χ4v) is 11.2. The summed E-state index contributed by atoms with van der Waals surface area (Å²) in [6.07, 6.45) is 0. The van der Waals surface area contributed by atoms with Gasteiger partial charge < -0.3 is 0 Å². The predicted molar refractivity (Wildman–Crippen MR) is 52.2 cm³/mol. The number of rotatable bonds is 4. The zero-order chi connectivity index (χ0) is 8.04. The van der Waals surface area contributed by atoms with Gasteiger partial charge in [0.05, 0.1) is 0 Å². The Morgan fingerprint density at radius 3 is 1.70 bits per heavy atom. The van der Waals surface area contributed by atoms with E-state index in [0.29, 0.717) is 0 Å². The number of nitrogens with zero attached hydrogens (tertiary/aromatic N) is 1. The fourth-order valence-electron chi connectivity index (χ4n) is 1.08. The summed E-state index contributed by atoms with van der Waals surface area (Å²) < 4.78 is 8.24. The summed E-state index contributed by atoms with van der Waals surface area (Å²) in [5.41, 5.74) is 0. The summed E-state index contributed by atoms with van der Waals surface area (Å²) in [5, 5.41) is 2.57. The van der Waals surface area contributed by atoms with Crippen molar-refractivity contribution in [2.75, 3.05) is 0 Å². The standard InChI is InChI=1S/3C2H5.CNS.Pb/c3*1-2;2-1-3;/h3*1H2,2H3;;/q;;;-1;+1. The topological polar surface area (TPSA) is 12.4 Å². The second kappa shape index (κ2) is 5.38. The Morgan fingerprint density at radius 1 is 1.20 bits per heavy atom. The van der Waals surface area contributed by atoms with Crippen LogP contribution in [0.25, 0.3) is 0 Å². The van der Waals surface area contributed by atoms with Crippen molar-refractivity contribution < 1.29 is 0 Å². The van der Waals surface area contributed by atoms with Crippen molar-refractivity contribution in [3.8, 4) is 0 Å². The quantitative estimate of drug-likeness (QED) is 0.430. The SMILES string of the molecule is C[CH2][Pb]([CH2]C)([CH2]C)[N]=C=S. The molecule has 1 nitrogen and oxygen atoms in total. The molecule has 0 aliphatic carbocycles. The molecule has 0 aromatic heterocycles. The van der Waals surface area contributed by atoms with Gasteiger partial charge >= 0.3 is 74.4 Å². The van der Waals surface area contributed by atoms with Gasteiger partial charge in [0, 0.05) is 0 Å². The van der Waals surface area contributed by atoms with E-state index in [1.54, 1.807) is 0 Å². The molecule has 0 rings (SSSR count). The van der Waals surface area contributed by atoms with E-state index < -0.39 is 21.5 Å². The van der Waals surface area contributed by atoms with Crippen LogP contribution in [0.15, 0.2) is 2.80 Å². The Labute approximate surface area is 74.0 Å². The average Bonchev–Trinajstić information content (AvgIpc) is 2.01. The van der Waals surface area contributed by atoms with Crippen molar-refractivity contribution in [1.29, 1.82) is 0 Å². The van der Waals surface area contributed by atoms with Crippen LogP contribution in [0.2, 0.25) is 11.9 Å². The first-order valence-electron chi connectivity index (χ1n) is 3.83. The van der Waals surface area contributed by atoms with E-state index in [0.717, 1.165) is 0 Å². The molecule has 0 saturated carbocycles. The van der Waals surface area contributed by atoms with Crippen LogP contribution in [-0.2, 0) is 0 Å². The minimum atomic E-state index is -2.14. The van der Waals surface area contributed by atoms with Crippen molar-refractivity contribution in [3.63, 3.8) is 0 Å². The first kappa shape index (κ1) is 10.7. The van der Waals surface area contributed by atoms with Crippen molar-refractivity contribution >= 4 is 38.9 Å². The van der Waals surface area contributed by atoms with Gasteiger partial charge in [0.25, 0.3) is 0 Å². The molecule has 0 aromatic rings. The molecule has 0 unspecified atom stereocenters. The van der Waals surface area contributed by atoms with Crippen LogP contribution in [-0.4, -0.2) is 26.6 Å². The third-order valence-electron chi connectivity index (χ3n) is 2.26. The van der Waals surface area contributed by atoms with Gasteiger partial charge in [0.1, 0.15) is 0 Å². The Hall–Kier alpha value is 0.722. The maximum atomic E-state index is 4.64. The van der Waals surface area contributed by atoms with E-state index >= 15 is 0 Å². The third-order valence-corrected chi connectivity index (χ3v) is 20.6. The number of thiocarbonyl (C=S) groups is 1. The summed E-state index contributed by atoms with van der Waals surface area (Å²) >= 11 is 2.49. The molecule has 0 N–H and O–H groups in total. The summed E-state index contributed by atoms with van der Waals surface area (Å²) in [4.78, 5) is 0. The predicted octanol–water partition coefficient (Wildman–Crippen LogP) is 3.09. The second-order valence-corrected chi connectivity index (χ2v) is 21.3. The van der Waals surface area contributed by atoms with Gasteiger partial charge in [0.15, 0.2) is 0 Å². The molecular weight excluding hydrogens is 337 g/mol. The number of isothiocyanates is 1. The molecular formula is C7H15NPbS. The van der Waals surface area contributed by atoms with E-state index in [-0.39, 0.29) is 0 Å². The van der Waals surface area contributed by atoms with Gasteiger partial charge in [-0.05, 0) is 0 Å². The van der Waals surface area contributed by atoms with E-state index in [4.69, 9.17) is 0 Å². The van der Waals surface area contributed by atoms with E-state index in [1.165, 1.54) is 11.9 Å². The molecule has 3 heteroatoms. The van der Waals surface area contributed by atoms with Crippen molar-refractivity contribution in [1.82, 2.24) is 0 Å². The summed E-state index contributed by atoms with van der Waals surface area (Å²) in [6.45, 7) is 6.72. The van der Waals surface area contributed by atoms with Crippen LogP contribution in [0, 0.1) is 0 Å². The zero-order valence-corrected chi connectivity index (χ0v) is 11.7. The van der Waals surface area contributed by atoms with Crippen LogP contribution in [0.5, 0.6) is 0 Å². The van der Waals surface area contributed by atoms with Crippen molar-refractivity contribution in [3.05, 3.63) is 0 Å². The molecule has 0 amide bonds. The van der Waals surface area contributed by atoms with Gasteiger partial charge in [0.2, 0.25) is 0 Å². The van der Waals surface area contributed by atoms with Crippen LogP contribution in [0.3, 0.4) is 0 Å². The van der Waals surface area contributed by atoms with Crippen molar-refractivity contribution in [2.45, 2.75) is 32.7 Å². The molecule has 0 fully saturated rings. The van der Waals surface area contributed by atoms with E-state index in [1.807, 2.05) is 0 Å². The number of hydrogen-bond acceptors (Lipinski definition) is 2. The average molecular weight is 352 g/mol. The van der Waals surface area contributed by atoms with Gasteiger partial charge in [-0.1, -0.05) is 0 Å². The molecule has 0 radical (unpaired) electrons. The Balaban J connectivity index is 4.29. The zero-order valence-electron chi connectivity index (χ0n) is 6.98. The molecule has 0 aliphatic heterocycles. The number of hydrogen-bond donors (Lipinski definition) is 0. The van der Waals surface area contributed by atoms with Crippen LogP contribution >= 0.6 is 12.2 Å². The third kappa shape index (κ3) is 2.76. The molecule has 0 aliphatic rings.